The van der Waals surface area contributed by atoms with Crippen molar-refractivity contribution in [2.45, 2.75) is 25.2 Å². The van der Waals surface area contributed by atoms with Gasteiger partial charge in [0.05, 0.1) is 4.90 Å². The molecule has 0 radical (unpaired) electrons. The van der Waals surface area contributed by atoms with Crippen LogP contribution in [0.1, 0.15) is 18.9 Å². The van der Waals surface area contributed by atoms with Gasteiger partial charge in [-0.15, -0.1) is 0 Å². The Morgan fingerprint density at radius 2 is 1.64 bits per heavy atom. The van der Waals surface area contributed by atoms with Crippen molar-refractivity contribution in [2.75, 3.05) is 26.2 Å². The second kappa shape index (κ2) is 5.66. The molecule has 0 N–H and O–H groups in total. The van der Waals surface area contributed by atoms with Crippen LogP contribution >= 0.6 is 0 Å². The van der Waals surface area contributed by atoms with Crippen molar-refractivity contribution in [3.63, 3.8) is 0 Å². The van der Waals surface area contributed by atoms with Crippen LogP contribution in [0, 0.1) is 18.8 Å². The first-order valence-corrected chi connectivity index (χ1v) is 9.19. The second-order valence-corrected chi connectivity index (χ2v) is 8.30. The lowest BCUT2D eigenvalue weighted by Crippen LogP contribution is -2.51. The molecule has 1 aromatic carbocycles. The number of carbonyl (C=O) groups is 1. The van der Waals surface area contributed by atoms with Crippen LogP contribution in [0.25, 0.3) is 0 Å². The predicted octanol–water partition coefficient (Wildman–Crippen LogP) is 1.48. The fraction of sp³-hybridized carbons (Fsp3) is 0.562. The molecule has 120 valence electrons. The van der Waals surface area contributed by atoms with Gasteiger partial charge < -0.3 is 4.90 Å². The van der Waals surface area contributed by atoms with Gasteiger partial charge in [0.1, 0.15) is 0 Å². The molecular weight excluding hydrogens is 300 g/mol. The molecule has 22 heavy (non-hydrogen) atoms. The Kier molecular flexibility index (Phi) is 3.99. The maximum atomic E-state index is 12.6. The molecule has 1 heterocycles. The summed E-state index contributed by atoms with van der Waals surface area (Å²) in [6.45, 7) is 5.76. The number of carbonyl (C=O) groups excluding carboxylic acids is 1. The maximum Gasteiger partial charge on any atom is 0.243 e. The van der Waals surface area contributed by atoms with Gasteiger partial charge in [-0.05, 0) is 31.4 Å². The van der Waals surface area contributed by atoms with Crippen molar-refractivity contribution in [2.24, 2.45) is 11.8 Å². The first-order chi connectivity index (χ1) is 10.4. The minimum Gasteiger partial charge on any atom is -0.340 e. The van der Waals surface area contributed by atoms with Gasteiger partial charge >= 0.3 is 0 Å². The average Bonchev–Trinajstić information content (AvgIpc) is 3.24. The van der Waals surface area contributed by atoms with E-state index in [-0.39, 0.29) is 11.8 Å². The van der Waals surface area contributed by atoms with Gasteiger partial charge in [0.15, 0.2) is 0 Å². The van der Waals surface area contributed by atoms with Crippen molar-refractivity contribution in [1.82, 2.24) is 9.21 Å². The summed E-state index contributed by atoms with van der Waals surface area (Å²) in [4.78, 5) is 14.3. The molecule has 2 aliphatic rings. The van der Waals surface area contributed by atoms with E-state index in [1.165, 1.54) is 4.31 Å². The SMILES string of the molecule is Cc1ccc(S(=O)(=O)N2CCN(C(=O)[C@@H]3C[C@@H]3C)CC2)cc1. The molecule has 0 unspecified atom stereocenters. The Balaban J connectivity index is 1.65. The number of piperazine rings is 1. The highest BCUT2D eigenvalue weighted by Gasteiger charge is 2.42. The van der Waals surface area contributed by atoms with Crippen LogP contribution in [0.2, 0.25) is 0 Å². The molecule has 3 rings (SSSR count). The molecule has 1 aromatic rings. The largest absolute Gasteiger partial charge is 0.340 e. The van der Waals surface area contributed by atoms with Crippen LogP contribution in [0.4, 0.5) is 0 Å². The lowest BCUT2D eigenvalue weighted by Gasteiger charge is -2.34. The zero-order chi connectivity index (χ0) is 15.9. The van der Waals surface area contributed by atoms with Crippen LogP contribution in [0.3, 0.4) is 0 Å². The highest BCUT2D eigenvalue weighted by atomic mass is 32.2. The number of rotatable bonds is 3. The highest BCUT2D eigenvalue weighted by molar-refractivity contribution is 7.89. The zero-order valence-corrected chi connectivity index (χ0v) is 13.8. The summed E-state index contributed by atoms with van der Waals surface area (Å²) in [5.74, 6) is 0.849. The fourth-order valence-corrected chi connectivity index (χ4v) is 4.33. The molecule has 1 aliphatic heterocycles. The Labute approximate surface area is 132 Å². The standard InChI is InChI=1S/C16H22N2O3S/c1-12-3-5-14(6-4-12)22(20,21)18-9-7-17(8-10-18)16(19)15-11-13(15)2/h3-6,13,15H,7-11H2,1-2H3/t13-,15+/m0/s1. The monoisotopic (exact) mass is 322 g/mol. The van der Waals surface area contributed by atoms with Crippen LogP contribution in [-0.2, 0) is 14.8 Å². The molecule has 1 saturated heterocycles. The maximum absolute atomic E-state index is 12.6. The molecule has 5 nitrogen and oxygen atoms in total. The predicted molar refractivity (Wildman–Crippen MR) is 83.8 cm³/mol. The number of amides is 1. The number of hydrogen-bond acceptors (Lipinski definition) is 3. The lowest BCUT2D eigenvalue weighted by atomic mass is 10.2. The Morgan fingerprint density at radius 3 is 2.14 bits per heavy atom. The minimum atomic E-state index is -3.45. The van der Waals surface area contributed by atoms with E-state index in [1.807, 2.05) is 11.8 Å². The summed E-state index contributed by atoms with van der Waals surface area (Å²) in [7, 11) is -3.45. The lowest BCUT2D eigenvalue weighted by molar-refractivity contribution is -0.134. The summed E-state index contributed by atoms with van der Waals surface area (Å²) in [6.07, 6.45) is 0.973. The van der Waals surface area contributed by atoms with Gasteiger partial charge in [0.2, 0.25) is 15.9 Å². The number of aryl methyl sites for hydroxylation is 1. The number of benzene rings is 1. The van der Waals surface area contributed by atoms with Gasteiger partial charge in [-0.1, -0.05) is 24.6 Å². The summed E-state index contributed by atoms with van der Waals surface area (Å²) >= 11 is 0. The molecular formula is C16H22N2O3S. The molecule has 2 atom stereocenters. The van der Waals surface area contributed by atoms with E-state index in [0.717, 1.165) is 12.0 Å². The van der Waals surface area contributed by atoms with E-state index in [9.17, 15) is 13.2 Å². The van der Waals surface area contributed by atoms with Crippen molar-refractivity contribution in [3.05, 3.63) is 29.8 Å². The molecule has 1 amide bonds. The smallest absolute Gasteiger partial charge is 0.243 e. The number of sulfonamides is 1. The third kappa shape index (κ3) is 2.90. The van der Waals surface area contributed by atoms with Gasteiger partial charge in [-0.25, -0.2) is 8.42 Å². The van der Waals surface area contributed by atoms with Crippen molar-refractivity contribution in [1.29, 1.82) is 0 Å². The molecule has 0 bridgehead atoms. The molecule has 1 saturated carbocycles. The van der Waals surface area contributed by atoms with Crippen molar-refractivity contribution >= 4 is 15.9 Å². The average molecular weight is 322 g/mol. The van der Waals surface area contributed by atoms with Crippen LogP contribution in [-0.4, -0.2) is 49.7 Å². The Bertz CT molecular complexity index is 661. The quantitative estimate of drug-likeness (QED) is 0.847. The molecule has 2 fully saturated rings. The topological polar surface area (TPSA) is 57.7 Å². The third-order valence-corrected chi connectivity index (χ3v) is 6.55. The first kappa shape index (κ1) is 15.5. The number of hydrogen-bond donors (Lipinski definition) is 0. The van der Waals surface area contributed by atoms with E-state index in [4.69, 9.17) is 0 Å². The molecule has 1 aliphatic carbocycles. The first-order valence-electron chi connectivity index (χ1n) is 7.75. The van der Waals surface area contributed by atoms with Crippen molar-refractivity contribution in [3.8, 4) is 0 Å². The zero-order valence-electron chi connectivity index (χ0n) is 13.0. The summed E-state index contributed by atoms with van der Waals surface area (Å²) in [5, 5.41) is 0. The highest BCUT2D eigenvalue weighted by Crippen LogP contribution is 2.39. The van der Waals surface area contributed by atoms with E-state index in [2.05, 4.69) is 6.92 Å². The molecule has 6 heteroatoms. The van der Waals surface area contributed by atoms with E-state index in [1.54, 1.807) is 24.3 Å². The fourth-order valence-electron chi connectivity index (χ4n) is 2.91. The van der Waals surface area contributed by atoms with Gasteiger partial charge in [-0.3, -0.25) is 4.79 Å². The second-order valence-electron chi connectivity index (χ2n) is 6.36. The Morgan fingerprint density at radius 1 is 1.09 bits per heavy atom. The van der Waals surface area contributed by atoms with E-state index < -0.39 is 10.0 Å². The summed E-state index contributed by atoms with van der Waals surface area (Å²) < 4.78 is 26.7. The summed E-state index contributed by atoms with van der Waals surface area (Å²) in [5.41, 5.74) is 1.04. The molecule has 0 spiro atoms. The van der Waals surface area contributed by atoms with Crippen LogP contribution in [0.5, 0.6) is 0 Å². The number of nitrogens with zero attached hydrogens (tertiary/aromatic N) is 2. The molecule has 0 aromatic heterocycles. The van der Waals surface area contributed by atoms with Crippen LogP contribution in [0.15, 0.2) is 29.2 Å². The van der Waals surface area contributed by atoms with Gasteiger partial charge in [0, 0.05) is 32.1 Å². The van der Waals surface area contributed by atoms with E-state index in [0.29, 0.717) is 37.0 Å². The van der Waals surface area contributed by atoms with Gasteiger partial charge in [-0.2, -0.15) is 4.31 Å². The minimum absolute atomic E-state index is 0.167. The van der Waals surface area contributed by atoms with Gasteiger partial charge in [0.25, 0.3) is 0 Å². The van der Waals surface area contributed by atoms with Crippen LogP contribution < -0.4 is 0 Å². The normalized spacial score (nSPS) is 26.0. The third-order valence-electron chi connectivity index (χ3n) is 4.64. The van der Waals surface area contributed by atoms with E-state index >= 15 is 0 Å². The summed E-state index contributed by atoms with van der Waals surface area (Å²) in [6, 6.07) is 6.91. The Hall–Kier alpha value is -1.40. The van der Waals surface area contributed by atoms with Crippen molar-refractivity contribution < 1.29 is 13.2 Å².